The summed E-state index contributed by atoms with van der Waals surface area (Å²) in [7, 11) is 1.74. The molecule has 1 aromatic carbocycles. The lowest BCUT2D eigenvalue weighted by molar-refractivity contribution is -0.137. The number of nitrogens with one attached hydrogen (secondary N) is 1. The maximum atomic E-state index is 12.6. The SMILES string of the molecule is CC/C(=C\F)COc1ccc(C23CCC(C(=O)NC)(CC2)CC3)cc1. The fourth-order valence-corrected chi connectivity index (χ4v) is 4.52. The predicted molar refractivity (Wildman–Crippen MR) is 97.3 cm³/mol. The van der Waals surface area contributed by atoms with Crippen molar-refractivity contribution in [1.29, 1.82) is 0 Å². The van der Waals surface area contributed by atoms with Gasteiger partial charge in [0.15, 0.2) is 0 Å². The molecule has 3 aliphatic rings. The minimum Gasteiger partial charge on any atom is -0.489 e. The van der Waals surface area contributed by atoms with Gasteiger partial charge in [0.25, 0.3) is 0 Å². The maximum absolute atomic E-state index is 12.6. The fraction of sp³-hybridized carbons (Fsp3) is 0.571. The standard InChI is InChI=1S/C21H28FNO2/c1-3-16(14-22)15-25-18-6-4-17(5-7-18)20-8-11-21(12-9-20,13-10-20)19(24)23-2/h4-7,14H,3,8-13,15H2,1-2H3,(H,23,24)/b16-14+. The second-order valence-corrected chi connectivity index (χ2v) is 7.57. The van der Waals surface area contributed by atoms with Gasteiger partial charge < -0.3 is 10.1 Å². The molecule has 3 aliphatic carbocycles. The van der Waals surface area contributed by atoms with Crippen LogP contribution >= 0.6 is 0 Å². The van der Waals surface area contributed by atoms with E-state index in [0.29, 0.717) is 24.9 Å². The third kappa shape index (κ3) is 3.31. The second-order valence-electron chi connectivity index (χ2n) is 7.57. The lowest BCUT2D eigenvalue weighted by Gasteiger charge is -2.52. The lowest BCUT2D eigenvalue weighted by Crippen LogP contribution is -2.51. The number of hydrogen-bond donors (Lipinski definition) is 1. The zero-order chi connectivity index (χ0) is 17.9. The molecule has 3 nitrogen and oxygen atoms in total. The van der Waals surface area contributed by atoms with Crippen LogP contribution in [0.4, 0.5) is 4.39 Å². The molecule has 0 heterocycles. The van der Waals surface area contributed by atoms with Gasteiger partial charge in [-0.1, -0.05) is 19.1 Å². The van der Waals surface area contributed by atoms with E-state index in [-0.39, 0.29) is 16.7 Å². The predicted octanol–water partition coefficient (Wildman–Crippen LogP) is 4.67. The van der Waals surface area contributed by atoms with E-state index >= 15 is 0 Å². The van der Waals surface area contributed by atoms with Crippen LogP contribution in [0.5, 0.6) is 5.75 Å². The Morgan fingerprint density at radius 3 is 2.24 bits per heavy atom. The number of carbonyl (C=O) groups is 1. The van der Waals surface area contributed by atoms with Crippen LogP contribution in [-0.4, -0.2) is 19.6 Å². The van der Waals surface area contributed by atoms with Gasteiger partial charge in [-0.25, -0.2) is 4.39 Å². The molecule has 25 heavy (non-hydrogen) atoms. The molecular weight excluding hydrogens is 317 g/mol. The number of ether oxygens (including phenoxy) is 1. The van der Waals surface area contributed by atoms with Gasteiger partial charge >= 0.3 is 0 Å². The Hall–Kier alpha value is -1.84. The van der Waals surface area contributed by atoms with E-state index in [4.69, 9.17) is 4.74 Å². The topological polar surface area (TPSA) is 38.3 Å². The third-order valence-corrected chi connectivity index (χ3v) is 6.45. The summed E-state index contributed by atoms with van der Waals surface area (Å²) < 4.78 is 18.3. The van der Waals surface area contributed by atoms with Crippen LogP contribution in [-0.2, 0) is 10.2 Å². The van der Waals surface area contributed by atoms with Gasteiger partial charge in [0.1, 0.15) is 12.4 Å². The zero-order valence-corrected chi connectivity index (χ0v) is 15.2. The molecule has 0 aliphatic heterocycles. The Morgan fingerprint density at radius 2 is 1.76 bits per heavy atom. The number of fused-ring (bicyclic) bond motifs is 3. The lowest BCUT2D eigenvalue weighted by atomic mass is 9.51. The number of hydrogen-bond acceptors (Lipinski definition) is 2. The molecule has 0 radical (unpaired) electrons. The van der Waals surface area contributed by atoms with Gasteiger partial charge in [0, 0.05) is 12.5 Å². The first-order valence-electron chi connectivity index (χ1n) is 9.31. The summed E-state index contributed by atoms with van der Waals surface area (Å²) in [6.07, 6.45) is 7.45. The van der Waals surface area contributed by atoms with Crippen LogP contribution in [0.2, 0.25) is 0 Å². The zero-order valence-electron chi connectivity index (χ0n) is 15.2. The summed E-state index contributed by atoms with van der Waals surface area (Å²) >= 11 is 0. The Kier molecular flexibility index (Phi) is 5.16. The summed E-state index contributed by atoms with van der Waals surface area (Å²) in [6.45, 7) is 2.22. The molecular formula is C21H28FNO2. The van der Waals surface area contributed by atoms with Crippen molar-refractivity contribution in [3.8, 4) is 5.75 Å². The summed E-state index contributed by atoms with van der Waals surface area (Å²) in [5.74, 6) is 0.997. The van der Waals surface area contributed by atoms with Gasteiger partial charge in [-0.2, -0.15) is 0 Å². The normalized spacial score (nSPS) is 28.7. The van der Waals surface area contributed by atoms with Gasteiger partial charge in [-0.3, -0.25) is 4.79 Å². The Balaban J connectivity index is 1.67. The molecule has 1 N–H and O–H groups in total. The molecule has 0 aromatic heterocycles. The van der Waals surface area contributed by atoms with Crippen LogP contribution in [0.25, 0.3) is 0 Å². The van der Waals surface area contributed by atoms with E-state index in [9.17, 15) is 9.18 Å². The van der Waals surface area contributed by atoms with Crippen molar-refractivity contribution in [1.82, 2.24) is 5.32 Å². The van der Waals surface area contributed by atoms with Crippen molar-refractivity contribution in [2.45, 2.75) is 57.3 Å². The summed E-state index contributed by atoms with van der Waals surface area (Å²) in [6, 6.07) is 8.28. The first-order valence-corrected chi connectivity index (χ1v) is 9.31. The molecule has 1 amide bonds. The van der Waals surface area contributed by atoms with E-state index < -0.39 is 0 Å². The van der Waals surface area contributed by atoms with Crippen LogP contribution in [0.15, 0.2) is 36.2 Å². The summed E-state index contributed by atoms with van der Waals surface area (Å²) in [5.41, 5.74) is 2.09. The van der Waals surface area contributed by atoms with Gasteiger partial charge in [0.05, 0.1) is 6.33 Å². The maximum Gasteiger partial charge on any atom is 0.225 e. The van der Waals surface area contributed by atoms with Crippen LogP contribution < -0.4 is 10.1 Å². The highest BCUT2D eigenvalue weighted by molar-refractivity contribution is 5.82. The van der Waals surface area contributed by atoms with Gasteiger partial charge in [-0.15, -0.1) is 0 Å². The van der Waals surface area contributed by atoms with E-state index in [1.165, 1.54) is 5.56 Å². The van der Waals surface area contributed by atoms with Crippen molar-refractivity contribution in [2.24, 2.45) is 5.41 Å². The molecule has 0 spiro atoms. The van der Waals surface area contributed by atoms with Crippen LogP contribution in [0, 0.1) is 5.41 Å². The van der Waals surface area contributed by atoms with Crippen molar-refractivity contribution in [3.05, 3.63) is 41.7 Å². The van der Waals surface area contributed by atoms with Gasteiger partial charge in [0.2, 0.25) is 5.91 Å². The highest BCUT2D eigenvalue weighted by Crippen LogP contribution is 2.57. The molecule has 3 fully saturated rings. The van der Waals surface area contributed by atoms with Crippen LogP contribution in [0.1, 0.15) is 57.4 Å². The first kappa shape index (κ1) is 18.0. The number of halogens is 1. The highest BCUT2D eigenvalue weighted by Gasteiger charge is 2.52. The van der Waals surface area contributed by atoms with Crippen molar-refractivity contribution in [3.63, 3.8) is 0 Å². The minimum atomic E-state index is -0.130. The monoisotopic (exact) mass is 345 g/mol. The molecule has 4 rings (SSSR count). The largest absolute Gasteiger partial charge is 0.489 e. The third-order valence-electron chi connectivity index (χ3n) is 6.45. The number of carbonyl (C=O) groups excluding carboxylic acids is 1. The molecule has 3 saturated carbocycles. The van der Waals surface area contributed by atoms with Crippen molar-refractivity contribution < 1.29 is 13.9 Å². The molecule has 2 bridgehead atoms. The average Bonchev–Trinajstić information content (AvgIpc) is 2.70. The number of rotatable bonds is 6. The Bertz CT molecular complexity index is 626. The van der Waals surface area contributed by atoms with Crippen molar-refractivity contribution in [2.75, 3.05) is 13.7 Å². The van der Waals surface area contributed by atoms with E-state index in [0.717, 1.165) is 44.3 Å². The molecule has 0 atom stereocenters. The first-order chi connectivity index (χ1) is 12.1. The van der Waals surface area contributed by atoms with E-state index in [1.807, 2.05) is 19.1 Å². The fourth-order valence-electron chi connectivity index (χ4n) is 4.52. The summed E-state index contributed by atoms with van der Waals surface area (Å²) in [4.78, 5) is 12.2. The van der Waals surface area contributed by atoms with E-state index in [2.05, 4.69) is 17.4 Å². The summed E-state index contributed by atoms with van der Waals surface area (Å²) in [5, 5.41) is 2.86. The van der Waals surface area contributed by atoms with E-state index in [1.54, 1.807) is 7.05 Å². The Morgan fingerprint density at radius 1 is 1.16 bits per heavy atom. The minimum absolute atomic E-state index is 0.130. The molecule has 0 unspecified atom stereocenters. The van der Waals surface area contributed by atoms with Crippen molar-refractivity contribution >= 4 is 5.91 Å². The number of amides is 1. The van der Waals surface area contributed by atoms with Gasteiger partial charge in [-0.05, 0) is 73.6 Å². The molecule has 0 saturated heterocycles. The molecule has 4 heteroatoms. The second kappa shape index (κ2) is 7.19. The smallest absolute Gasteiger partial charge is 0.225 e. The highest BCUT2D eigenvalue weighted by atomic mass is 19.1. The number of benzene rings is 1. The molecule has 1 aromatic rings. The Labute approximate surface area is 149 Å². The average molecular weight is 345 g/mol. The molecule has 136 valence electrons. The van der Waals surface area contributed by atoms with Crippen LogP contribution in [0.3, 0.4) is 0 Å². The quantitative estimate of drug-likeness (QED) is 0.814.